The summed E-state index contributed by atoms with van der Waals surface area (Å²) in [5, 5.41) is 4.97. The van der Waals surface area contributed by atoms with E-state index < -0.39 is 0 Å². The van der Waals surface area contributed by atoms with Crippen LogP contribution in [-0.4, -0.2) is 17.9 Å². The zero-order valence-electron chi connectivity index (χ0n) is 7.05. The molecule has 0 unspecified atom stereocenters. The van der Waals surface area contributed by atoms with Crippen LogP contribution in [0, 0.1) is 5.92 Å². The van der Waals surface area contributed by atoms with Crippen LogP contribution in [0.5, 0.6) is 0 Å². The van der Waals surface area contributed by atoms with E-state index in [2.05, 4.69) is 30.8 Å². The molecule has 0 rings (SSSR count). The largest absolute Gasteiger partial charge is 0.398 e. The van der Waals surface area contributed by atoms with Gasteiger partial charge in [0.25, 0.3) is 0 Å². The van der Waals surface area contributed by atoms with Crippen molar-refractivity contribution in [2.24, 2.45) is 11.1 Å². The molecule has 0 aliphatic carbocycles. The third kappa shape index (κ3) is 3.77. The Balaban J connectivity index is 3.85. The van der Waals surface area contributed by atoms with Gasteiger partial charge in [0.05, 0.1) is 0 Å². The van der Waals surface area contributed by atoms with Crippen LogP contribution in [0.15, 0.2) is 5.16 Å². The molecule has 0 aliphatic rings. The molecular formula is C7H15NOS. The van der Waals surface area contributed by atoms with Gasteiger partial charge in [0.1, 0.15) is 12.2 Å². The lowest BCUT2D eigenvalue weighted by atomic mass is 10.2. The Kier molecular flexibility index (Phi) is 5.49. The van der Waals surface area contributed by atoms with Crippen molar-refractivity contribution in [3.63, 3.8) is 0 Å². The first-order valence-electron chi connectivity index (χ1n) is 3.46. The molecule has 0 heterocycles. The number of oxime groups is 1. The van der Waals surface area contributed by atoms with Crippen LogP contribution in [0.2, 0.25) is 0 Å². The predicted molar refractivity (Wildman–Crippen MR) is 47.4 cm³/mol. The van der Waals surface area contributed by atoms with Gasteiger partial charge >= 0.3 is 0 Å². The Hall–Kier alpha value is -0.180. The maximum atomic E-state index is 4.68. The fourth-order valence-corrected chi connectivity index (χ4v) is 1.29. The summed E-state index contributed by atoms with van der Waals surface area (Å²) in [6, 6.07) is 0. The molecule has 0 amide bonds. The molecule has 0 aliphatic heterocycles. The van der Waals surface area contributed by atoms with Gasteiger partial charge in [-0.25, -0.2) is 0 Å². The van der Waals surface area contributed by atoms with Crippen LogP contribution in [0.3, 0.4) is 0 Å². The van der Waals surface area contributed by atoms with Crippen LogP contribution < -0.4 is 0 Å². The van der Waals surface area contributed by atoms with Crippen LogP contribution >= 0.6 is 11.8 Å². The molecule has 10 heavy (non-hydrogen) atoms. The van der Waals surface area contributed by atoms with Crippen LogP contribution in [-0.2, 0) is 4.84 Å². The molecule has 0 aromatic heterocycles. The fourth-order valence-electron chi connectivity index (χ4n) is 0.536. The molecule has 0 saturated heterocycles. The summed E-state index contributed by atoms with van der Waals surface area (Å²) in [6.45, 7) is 6.33. The van der Waals surface area contributed by atoms with Gasteiger partial charge in [-0.3, -0.25) is 0 Å². The highest BCUT2D eigenvalue weighted by molar-refractivity contribution is 8.13. The normalized spacial score (nSPS) is 12.3. The summed E-state index contributed by atoms with van der Waals surface area (Å²) in [6.07, 6.45) is 0. The monoisotopic (exact) mass is 161 g/mol. The molecule has 0 N–H and O–H groups in total. The molecule has 0 bridgehead atoms. The maximum absolute atomic E-state index is 4.68. The average molecular weight is 161 g/mol. The van der Waals surface area contributed by atoms with Gasteiger partial charge in [0, 0.05) is 5.92 Å². The van der Waals surface area contributed by atoms with Crippen LogP contribution in [0.25, 0.3) is 0 Å². The number of hydrogen-bond donors (Lipinski definition) is 0. The minimum absolute atomic E-state index is 0.477. The molecule has 0 spiro atoms. The van der Waals surface area contributed by atoms with E-state index in [-0.39, 0.29) is 0 Å². The average Bonchev–Trinajstić information content (AvgIpc) is 1.87. The van der Waals surface area contributed by atoms with Crippen molar-refractivity contribution in [3.8, 4) is 0 Å². The second-order valence-corrected chi connectivity index (χ2v) is 3.48. The number of thioether (sulfide) groups is 1. The van der Waals surface area contributed by atoms with E-state index in [1.807, 2.05) is 0 Å². The lowest BCUT2D eigenvalue weighted by molar-refractivity contribution is 0.213. The summed E-state index contributed by atoms with van der Waals surface area (Å²) in [4.78, 5) is 4.68. The fraction of sp³-hybridized carbons (Fsp3) is 0.857. The summed E-state index contributed by atoms with van der Waals surface area (Å²) in [5.74, 6) is 1.53. The van der Waals surface area contributed by atoms with E-state index in [9.17, 15) is 0 Å². The first-order valence-corrected chi connectivity index (χ1v) is 4.44. The smallest absolute Gasteiger partial charge is 0.115 e. The second-order valence-electron chi connectivity index (χ2n) is 2.20. The van der Waals surface area contributed by atoms with Crippen molar-refractivity contribution < 1.29 is 4.84 Å². The zero-order chi connectivity index (χ0) is 7.98. The van der Waals surface area contributed by atoms with Gasteiger partial charge in [-0.2, -0.15) is 0 Å². The molecule has 0 aromatic carbocycles. The Morgan fingerprint density at radius 3 is 2.50 bits per heavy atom. The van der Waals surface area contributed by atoms with E-state index in [4.69, 9.17) is 0 Å². The molecule has 3 heteroatoms. The highest BCUT2D eigenvalue weighted by Crippen LogP contribution is 2.11. The van der Waals surface area contributed by atoms with Crippen molar-refractivity contribution in [1.82, 2.24) is 0 Å². The number of hydrogen-bond acceptors (Lipinski definition) is 3. The predicted octanol–water partition coefficient (Wildman–Crippen LogP) is 2.36. The van der Waals surface area contributed by atoms with Crippen LogP contribution in [0.4, 0.5) is 0 Å². The molecule has 0 radical (unpaired) electrons. The Bertz CT molecular complexity index is 112. The van der Waals surface area contributed by atoms with Crippen molar-refractivity contribution >= 4 is 16.8 Å². The van der Waals surface area contributed by atoms with Crippen LogP contribution in [0.1, 0.15) is 20.8 Å². The van der Waals surface area contributed by atoms with Gasteiger partial charge in [0.15, 0.2) is 0 Å². The highest BCUT2D eigenvalue weighted by atomic mass is 32.2. The summed E-state index contributed by atoms with van der Waals surface area (Å²) < 4.78 is 0. The van der Waals surface area contributed by atoms with Gasteiger partial charge < -0.3 is 4.84 Å². The van der Waals surface area contributed by atoms with Gasteiger partial charge in [-0.05, 0) is 5.75 Å². The third-order valence-corrected chi connectivity index (χ3v) is 2.10. The quantitative estimate of drug-likeness (QED) is 0.360. The molecule has 0 saturated carbocycles. The van der Waals surface area contributed by atoms with Gasteiger partial charge in [-0.15, -0.1) is 11.8 Å². The van der Waals surface area contributed by atoms with E-state index in [0.717, 1.165) is 10.8 Å². The van der Waals surface area contributed by atoms with E-state index in [1.54, 1.807) is 18.9 Å². The lowest BCUT2D eigenvalue weighted by Crippen LogP contribution is -2.03. The lowest BCUT2D eigenvalue weighted by Gasteiger charge is -2.05. The standard InChI is InChI=1S/C7H15NOS/c1-5-10-7(6(2)3)8-9-4/h6H,5H2,1-4H3/b8-7-. The zero-order valence-corrected chi connectivity index (χ0v) is 7.86. The summed E-state index contributed by atoms with van der Waals surface area (Å²) in [7, 11) is 1.58. The molecule has 0 fully saturated rings. The Labute approximate surface area is 67.0 Å². The van der Waals surface area contributed by atoms with Crippen molar-refractivity contribution in [1.29, 1.82) is 0 Å². The minimum Gasteiger partial charge on any atom is -0.398 e. The van der Waals surface area contributed by atoms with Crippen molar-refractivity contribution in [2.45, 2.75) is 20.8 Å². The first-order chi connectivity index (χ1) is 4.72. The SMILES string of the molecule is CCS/C(=N\OC)C(C)C. The molecular weight excluding hydrogens is 146 g/mol. The molecule has 60 valence electrons. The molecule has 2 nitrogen and oxygen atoms in total. The number of nitrogens with zero attached hydrogens (tertiary/aromatic N) is 1. The molecule has 0 aromatic rings. The van der Waals surface area contributed by atoms with E-state index in [0.29, 0.717) is 5.92 Å². The van der Waals surface area contributed by atoms with Gasteiger partial charge in [0.2, 0.25) is 0 Å². The highest BCUT2D eigenvalue weighted by Gasteiger charge is 2.04. The Morgan fingerprint density at radius 1 is 1.60 bits per heavy atom. The maximum Gasteiger partial charge on any atom is 0.115 e. The summed E-state index contributed by atoms with van der Waals surface area (Å²) >= 11 is 1.73. The topological polar surface area (TPSA) is 21.6 Å². The van der Waals surface area contributed by atoms with Crippen molar-refractivity contribution in [3.05, 3.63) is 0 Å². The molecule has 0 atom stereocenters. The second kappa shape index (κ2) is 5.59. The van der Waals surface area contributed by atoms with Crippen molar-refractivity contribution in [2.75, 3.05) is 12.9 Å². The Morgan fingerprint density at radius 2 is 2.20 bits per heavy atom. The number of rotatable bonds is 3. The van der Waals surface area contributed by atoms with Gasteiger partial charge in [-0.1, -0.05) is 25.9 Å². The van der Waals surface area contributed by atoms with E-state index >= 15 is 0 Å². The summed E-state index contributed by atoms with van der Waals surface area (Å²) in [5.41, 5.74) is 0. The first kappa shape index (κ1) is 9.82. The van der Waals surface area contributed by atoms with E-state index in [1.165, 1.54) is 0 Å². The third-order valence-electron chi connectivity index (χ3n) is 0.967. The minimum atomic E-state index is 0.477.